The Balaban J connectivity index is 2.22. The standard InChI is InChI=1S/C20H25ClN2O2/c1-13-11-16(25-5)12-15(17(13)21)9-8-14-7-6-10-22-18(14)19(24)23-20(2,3)4/h6-7,10-12H,8-9H2,1-5H3,(H,23,24). The van der Waals surface area contributed by atoms with Gasteiger partial charge in [0, 0.05) is 16.8 Å². The minimum atomic E-state index is -0.306. The van der Waals surface area contributed by atoms with Crippen LogP contribution < -0.4 is 10.1 Å². The lowest BCUT2D eigenvalue weighted by molar-refractivity contribution is 0.0913. The first-order valence-corrected chi connectivity index (χ1v) is 8.68. The molecule has 134 valence electrons. The molecule has 0 saturated carbocycles. The molecule has 1 amide bonds. The summed E-state index contributed by atoms with van der Waals surface area (Å²) in [7, 11) is 1.64. The molecule has 4 nitrogen and oxygen atoms in total. The Hall–Kier alpha value is -2.07. The molecule has 25 heavy (non-hydrogen) atoms. The number of aryl methyl sites for hydroxylation is 3. The van der Waals surface area contributed by atoms with Gasteiger partial charge in [0.1, 0.15) is 11.4 Å². The van der Waals surface area contributed by atoms with Crippen LogP contribution in [0.1, 0.15) is 48.0 Å². The maximum absolute atomic E-state index is 12.5. The number of hydrogen-bond donors (Lipinski definition) is 1. The minimum Gasteiger partial charge on any atom is -0.497 e. The Morgan fingerprint density at radius 1 is 1.24 bits per heavy atom. The van der Waals surface area contributed by atoms with E-state index in [1.165, 1.54) is 0 Å². The van der Waals surface area contributed by atoms with E-state index in [0.29, 0.717) is 18.5 Å². The first kappa shape index (κ1) is 19.3. The van der Waals surface area contributed by atoms with Crippen LogP contribution in [-0.4, -0.2) is 23.5 Å². The number of carbonyl (C=O) groups is 1. The number of ether oxygens (including phenoxy) is 1. The van der Waals surface area contributed by atoms with E-state index in [4.69, 9.17) is 16.3 Å². The van der Waals surface area contributed by atoms with Crippen LogP contribution in [0.25, 0.3) is 0 Å². The van der Waals surface area contributed by atoms with Gasteiger partial charge in [-0.3, -0.25) is 9.78 Å². The maximum atomic E-state index is 12.5. The molecule has 0 aliphatic carbocycles. The number of carbonyl (C=O) groups excluding carboxylic acids is 1. The number of hydrogen-bond acceptors (Lipinski definition) is 3. The molecule has 0 spiro atoms. The van der Waals surface area contributed by atoms with Crippen LogP contribution in [-0.2, 0) is 12.8 Å². The number of pyridine rings is 1. The Morgan fingerprint density at radius 2 is 1.92 bits per heavy atom. The molecule has 0 radical (unpaired) electrons. The number of rotatable bonds is 5. The molecule has 1 aromatic heterocycles. The van der Waals surface area contributed by atoms with Gasteiger partial charge >= 0.3 is 0 Å². The lowest BCUT2D eigenvalue weighted by atomic mass is 10.0. The van der Waals surface area contributed by atoms with Crippen molar-refractivity contribution in [3.63, 3.8) is 0 Å². The second-order valence-corrected chi connectivity index (χ2v) is 7.51. The second kappa shape index (κ2) is 7.87. The van der Waals surface area contributed by atoms with Crippen LogP contribution in [0, 0.1) is 6.92 Å². The zero-order valence-electron chi connectivity index (χ0n) is 15.4. The van der Waals surface area contributed by atoms with Gasteiger partial charge in [-0.15, -0.1) is 0 Å². The molecular weight excluding hydrogens is 336 g/mol. The van der Waals surface area contributed by atoms with E-state index in [1.54, 1.807) is 13.3 Å². The Morgan fingerprint density at radius 3 is 2.56 bits per heavy atom. The Labute approximate surface area is 154 Å². The lowest BCUT2D eigenvalue weighted by Gasteiger charge is -2.21. The van der Waals surface area contributed by atoms with E-state index in [9.17, 15) is 4.79 Å². The van der Waals surface area contributed by atoms with Gasteiger partial charge in [-0.05, 0) is 75.4 Å². The minimum absolute atomic E-state index is 0.156. The van der Waals surface area contributed by atoms with Crippen molar-refractivity contribution >= 4 is 17.5 Å². The van der Waals surface area contributed by atoms with Crippen molar-refractivity contribution in [2.45, 2.75) is 46.1 Å². The number of amides is 1. The number of halogens is 1. The molecule has 1 aromatic carbocycles. The SMILES string of the molecule is COc1cc(C)c(Cl)c(CCc2cccnc2C(=O)NC(C)(C)C)c1. The average molecular weight is 361 g/mol. The largest absolute Gasteiger partial charge is 0.497 e. The third-order valence-electron chi connectivity index (χ3n) is 3.80. The zero-order valence-corrected chi connectivity index (χ0v) is 16.2. The van der Waals surface area contributed by atoms with E-state index in [2.05, 4.69) is 10.3 Å². The molecule has 0 aliphatic heterocycles. The van der Waals surface area contributed by atoms with Gasteiger partial charge in [-0.1, -0.05) is 17.7 Å². The van der Waals surface area contributed by atoms with E-state index in [-0.39, 0.29) is 11.4 Å². The van der Waals surface area contributed by atoms with Crippen molar-refractivity contribution in [1.29, 1.82) is 0 Å². The second-order valence-electron chi connectivity index (χ2n) is 7.13. The first-order valence-electron chi connectivity index (χ1n) is 8.30. The third kappa shape index (κ3) is 5.20. The number of aromatic nitrogens is 1. The third-order valence-corrected chi connectivity index (χ3v) is 4.34. The van der Waals surface area contributed by atoms with Gasteiger partial charge in [-0.2, -0.15) is 0 Å². The number of nitrogens with zero attached hydrogens (tertiary/aromatic N) is 1. The van der Waals surface area contributed by atoms with E-state index >= 15 is 0 Å². The lowest BCUT2D eigenvalue weighted by Crippen LogP contribution is -2.41. The Bertz CT molecular complexity index is 767. The summed E-state index contributed by atoms with van der Waals surface area (Å²) in [5.74, 6) is 0.629. The summed E-state index contributed by atoms with van der Waals surface area (Å²) in [5, 5.41) is 3.71. The van der Waals surface area contributed by atoms with Gasteiger partial charge in [0.2, 0.25) is 0 Å². The molecular formula is C20H25ClN2O2. The zero-order chi connectivity index (χ0) is 18.6. The first-order chi connectivity index (χ1) is 11.7. The van der Waals surface area contributed by atoms with Crippen LogP contribution in [0.4, 0.5) is 0 Å². The summed E-state index contributed by atoms with van der Waals surface area (Å²) in [6, 6.07) is 7.64. The summed E-state index contributed by atoms with van der Waals surface area (Å²) < 4.78 is 5.32. The highest BCUT2D eigenvalue weighted by atomic mass is 35.5. The van der Waals surface area contributed by atoms with Crippen LogP contribution in [0.3, 0.4) is 0 Å². The predicted molar refractivity (Wildman–Crippen MR) is 102 cm³/mol. The fraction of sp³-hybridized carbons (Fsp3) is 0.400. The van der Waals surface area contributed by atoms with Gasteiger partial charge in [-0.25, -0.2) is 0 Å². The van der Waals surface area contributed by atoms with E-state index in [0.717, 1.165) is 27.5 Å². The highest BCUT2D eigenvalue weighted by Crippen LogP contribution is 2.28. The fourth-order valence-corrected chi connectivity index (χ4v) is 2.82. The van der Waals surface area contributed by atoms with E-state index < -0.39 is 0 Å². The summed E-state index contributed by atoms with van der Waals surface area (Å²) in [6.45, 7) is 7.81. The van der Waals surface area contributed by atoms with Crippen molar-refractivity contribution in [3.05, 3.63) is 57.9 Å². The van der Waals surface area contributed by atoms with Gasteiger partial charge in [0.25, 0.3) is 5.91 Å². The van der Waals surface area contributed by atoms with Crippen molar-refractivity contribution in [2.24, 2.45) is 0 Å². The number of benzene rings is 1. The van der Waals surface area contributed by atoms with Crippen LogP contribution in [0.2, 0.25) is 5.02 Å². The van der Waals surface area contributed by atoms with Crippen LogP contribution in [0.5, 0.6) is 5.75 Å². The number of nitrogens with one attached hydrogen (secondary N) is 1. The highest BCUT2D eigenvalue weighted by Gasteiger charge is 2.19. The molecule has 0 atom stereocenters. The molecule has 0 aliphatic rings. The van der Waals surface area contributed by atoms with Gasteiger partial charge in [0.15, 0.2) is 0 Å². The summed E-state index contributed by atoms with van der Waals surface area (Å²) in [5.41, 5.74) is 3.05. The maximum Gasteiger partial charge on any atom is 0.270 e. The van der Waals surface area contributed by atoms with Crippen LogP contribution >= 0.6 is 11.6 Å². The molecule has 0 bridgehead atoms. The molecule has 5 heteroatoms. The van der Waals surface area contributed by atoms with Crippen molar-refractivity contribution in [3.8, 4) is 5.75 Å². The normalized spacial score (nSPS) is 11.3. The molecule has 1 N–H and O–H groups in total. The van der Waals surface area contributed by atoms with Crippen molar-refractivity contribution in [1.82, 2.24) is 10.3 Å². The Kier molecular flexibility index (Phi) is 6.07. The van der Waals surface area contributed by atoms with Crippen LogP contribution in [0.15, 0.2) is 30.5 Å². The molecule has 0 saturated heterocycles. The number of methoxy groups -OCH3 is 1. The highest BCUT2D eigenvalue weighted by molar-refractivity contribution is 6.32. The molecule has 0 unspecified atom stereocenters. The summed E-state index contributed by atoms with van der Waals surface area (Å²) >= 11 is 6.43. The topological polar surface area (TPSA) is 51.2 Å². The predicted octanol–water partition coefficient (Wildman–Crippen LogP) is 4.37. The molecule has 1 heterocycles. The van der Waals surface area contributed by atoms with E-state index in [1.807, 2.05) is 52.0 Å². The smallest absolute Gasteiger partial charge is 0.270 e. The average Bonchev–Trinajstić information content (AvgIpc) is 2.54. The molecule has 0 fully saturated rings. The quantitative estimate of drug-likeness (QED) is 0.861. The monoisotopic (exact) mass is 360 g/mol. The fourth-order valence-electron chi connectivity index (χ4n) is 2.62. The van der Waals surface area contributed by atoms with Crippen molar-refractivity contribution in [2.75, 3.05) is 7.11 Å². The van der Waals surface area contributed by atoms with Gasteiger partial charge < -0.3 is 10.1 Å². The summed E-state index contributed by atoms with van der Waals surface area (Å²) in [6.07, 6.45) is 3.02. The molecule has 2 rings (SSSR count). The molecule has 2 aromatic rings. The summed E-state index contributed by atoms with van der Waals surface area (Å²) in [4.78, 5) is 16.8. The van der Waals surface area contributed by atoms with Crippen molar-refractivity contribution < 1.29 is 9.53 Å². The van der Waals surface area contributed by atoms with Gasteiger partial charge in [0.05, 0.1) is 7.11 Å².